The fraction of sp³-hybridized carbons (Fsp3) is 0.500. The standard InChI is InChI=1S/C34H44N12O17P2S2/c1-34(2,3)67-66-13-18(41-33(51)57-10-16-4-6-17(7-5-16)43-44-37)31(49)62-25-19(60-30(23(25)47)46-15-40-22-27(36)38-14-39-28(22)46)12-59-65(55,56)63-26-20(11-58-64(52,53)54)61-29(24(26)48)45-9-8-21(35)42-32(45)50/h4-9,14-15,18-20,23-26,29-30,47-48H,10-13H2,1-3H3,(H,41,51)(H,55,56)(H2,35,42,50)(H2,36,38,39)(H2,52,53,54)/t18-,19+,20+,23+,24+,25+,26+,29+,30+/m0/s1. The van der Waals surface area contributed by atoms with Gasteiger partial charge >= 0.3 is 33.4 Å². The number of amides is 1. The van der Waals surface area contributed by atoms with Crippen LogP contribution < -0.4 is 22.5 Å². The maximum atomic E-state index is 14.0. The van der Waals surface area contributed by atoms with Gasteiger partial charge in [-0.15, -0.1) is 0 Å². The summed E-state index contributed by atoms with van der Waals surface area (Å²) in [6.07, 6.45) is -11.8. The van der Waals surface area contributed by atoms with E-state index < -0.39 is 102 Å². The number of phosphoric acid groups is 2. The molecule has 1 amide bonds. The van der Waals surface area contributed by atoms with Crippen molar-refractivity contribution in [3.05, 3.63) is 75.7 Å². The zero-order valence-electron chi connectivity index (χ0n) is 35.2. The number of ether oxygens (including phenoxy) is 4. The lowest BCUT2D eigenvalue weighted by Gasteiger charge is -2.26. The molecule has 0 radical (unpaired) electrons. The molecular formula is C34H44N12O17P2S2. The second-order valence-electron chi connectivity index (χ2n) is 15.4. The Hall–Kier alpha value is -4.94. The third-order valence-electron chi connectivity index (χ3n) is 9.31. The van der Waals surface area contributed by atoms with Crippen LogP contribution in [0.4, 0.5) is 22.1 Å². The first-order chi connectivity index (χ1) is 31.5. The number of benzene rings is 1. The highest BCUT2D eigenvalue weighted by atomic mass is 33.1. The molecule has 0 spiro atoms. The molecule has 2 aliphatic rings. The molecule has 10 N–H and O–H groups in total. The van der Waals surface area contributed by atoms with Gasteiger partial charge in [-0.3, -0.25) is 22.7 Å². The average Bonchev–Trinajstić information content (AvgIpc) is 3.91. The van der Waals surface area contributed by atoms with Crippen molar-refractivity contribution in [3.8, 4) is 0 Å². The van der Waals surface area contributed by atoms with E-state index in [2.05, 4.69) is 39.8 Å². The molecule has 3 aromatic heterocycles. The monoisotopic (exact) mass is 1020 g/mol. The number of imidazole rings is 1. The molecule has 2 fully saturated rings. The number of alkyl carbamates (subject to hydrolysis) is 1. The van der Waals surface area contributed by atoms with Crippen LogP contribution in [0.1, 0.15) is 38.8 Å². The van der Waals surface area contributed by atoms with E-state index in [-0.39, 0.29) is 39.9 Å². The Morgan fingerprint density at radius 2 is 1.64 bits per heavy atom. The number of aromatic nitrogens is 6. The lowest BCUT2D eigenvalue weighted by Crippen LogP contribution is -2.48. The minimum atomic E-state index is -5.46. The molecule has 0 bridgehead atoms. The van der Waals surface area contributed by atoms with Gasteiger partial charge in [0.2, 0.25) is 0 Å². The van der Waals surface area contributed by atoms with Gasteiger partial charge in [-0.1, -0.05) is 71.7 Å². The van der Waals surface area contributed by atoms with Gasteiger partial charge in [0.25, 0.3) is 0 Å². The van der Waals surface area contributed by atoms with Crippen LogP contribution in [0.15, 0.2) is 59.1 Å². The summed E-state index contributed by atoms with van der Waals surface area (Å²) in [7, 11) is -8.07. The van der Waals surface area contributed by atoms with E-state index in [0.29, 0.717) is 11.3 Å². The minimum Gasteiger partial charge on any atom is -0.455 e. The van der Waals surface area contributed by atoms with Gasteiger partial charge in [0.1, 0.15) is 60.8 Å². The Balaban J connectivity index is 1.22. The van der Waals surface area contributed by atoms with Crippen LogP contribution >= 0.6 is 37.2 Å². The van der Waals surface area contributed by atoms with Crippen LogP contribution in [0, 0.1) is 0 Å². The Kier molecular flexibility index (Phi) is 16.6. The molecular weight excluding hydrogens is 975 g/mol. The molecule has 5 heterocycles. The fourth-order valence-electron chi connectivity index (χ4n) is 6.35. The lowest BCUT2D eigenvalue weighted by molar-refractivity contribution is -0.158. The average molecular weight is 1020 g/mol. The van der Waals surface area contributed by atoms with Crippen LogP contribution in [0.5, 0.6) is 0 Å². The highest BCUT2D eigenvalue weighted by Crippen LogP contribution is 2.50. The van der Waals surface area contributed by atoms with Gasteiger partial charge in [-0.25, -0.2) is 38.5 Å². The summed E-state index contributed by atoms with van der Waals surface area (Å²) in [6.45, 7) is 3.46. The first-order valence-corrected chi connectivity index (χ1v) is 24.8. The predicted molar refractivity (Wildman–Crippen MR) is 233 cm³/mol. The molecule has 2 aliphatic heterocycles. The maximum absolute atomic E-state index is 14.0. The molecule has 29 nitrogen and oxygen atoms in total. The second-order valence-corrected chi connectivity index (χ2v) is 21.2. The predicted octanol–water partition coefficient (Wildman–Crippen LogP) is 1.70. The molecule has 364 valence electrons. The topological polar surface area (TPSA) is 425 Å². The molecule has 0 aliphatic carbocycles. The van der Waals surface area contributed by atoms with Crippen molar-refractivity contribution in [1.82, 2.24) is 34.4 Å². The summed E-state index contributed by atoms with van der Waals surface area (Å²) in [5.74, 6) is -1.43. The van der Waals surface area contributed by atoms with E-state index in [1.54, 1.807) is 12.1 Å². The number of azide groups is 1. The third kappa shape index (κ3) is 13.6. The van der Waals surface area contributed by atoms with Gasteiger partial charge in [-0.05, 0) is 17.2 Å². The van der Waals surface area contributed by atoms with E-state index in [9.17, 15) is 48.4 Å². The number of nitrogen functional groups attached to an aromatic ring is 2. The number of aliphatic hydroxyl groups is 2. The first kappa shape index (κ1) is 51.5. The van der Waals surface area contributed by atoms with Crippen molar-refractivity contribution in [2.24, 2.45) is 5.11 Å². The Labute approximate surface area is 385 Å². The Bertz CT molecular complexity index is 2610. The molecule has 0 saturated carbocycles. The Morgan fingerprint density at radius 1 is 0.985 bits per heavy atom. The number of nitrogens with zero attached hydrogens (tertiary/aromatic N) is 9. The third-order valence-corrected chi connectivity index (χ3v) is 14.1. The second kappa shape index (κ2) is 21.6. The molecule has 67 heavy (non-hydrogen) atoms. The molecule has 2 saturated heterocycles. The van der Waals surface area contributed by atoms with Gasteiger partial charge < -0.3 is 60.6 Å². The largest absolute Gasteiger partial charge is 0.472 e. The van der Waals surface area contributed by atoms with Crippen LogP contribution in [0.3, 0.4) is 0 Å². The van der Waals surface area contributed by atoms with E-state index >= 15 is 0 Å². The number of rotatable bonds is 19. The van der Waals surface area contributed by atoms with Crippen molar-refractivity contribution in [2.45, 2.75) is 87.2 Å². The number of carbonyl (C=O) groups excluding carboxylic acids is 2. The van der Waals surface area contributed by atoms with Crippen molar-refractivity contribution in [3.63, 3.8) is 0 Å². The molecule has 1 unspecified atom stereocenters. The number of hydrogen-bond donors (Lipinski definition) is 8. The molecule has 33 heteroatoms. The van der Waals surface area contributed by atoms with Crippen molar-refractivity contribution < 1.29 is 76.1 Å². The highest BCUT2D eigenvalue weighted by Gasteiger charge is 2.52. The van der Waals surface area contributed by atoms with E-state index in [0.717, 1.165) is 17.1 Å². The van der Waals surface area contributed by atoms with Crippen LogP contribution in [0.2, 0.25) is 0 Å². The van der Waals surface area contributed by atoms with E-state index in [1.807, 2.05) is 20.8 Å². The van der Waals surface area contributed by atoms with Gasteiger partial charge in [0.15, 0.2) is 30.0 Å². The number of phosphoric ester groups is 2. The number of fused-ring (bicyclic) bond motifs is 1. The minimum absolute atomic E-state index is 0.0311. The number of nitrogens with two attached hydrogens (primary N) is 2. The van der Waals surface area contributed by atoms with Crippen LogP contribution in [-0.4, -0.2) is 132 Å². The molecule has 4 aromatic rings. The quantitative estimate of drug-likeness (QED) is 0.0165. The molecule has 1 aromatic carbocycles. The maximum Gasteiger partial charge on any atom is 0.472 e. The normalized spacial score (nSPS) is 24.4. The molecule has 10 atom stereocenters. The van der Waals surface area contributed by atoms with Crippen molar-refractivity contribution >= 4 is 77.8 Å². The fourth-order valence-corrected chi connectivity index (χ4v) is 10.1. The first-order valence-electron chi connectivity index (χ1n) is 19.4. The van der Waals surface area contributed by atoms with Gasteiger partial charge in [0, 0.05) is 27.3 Å². The smallest absolute Gasteiger partial charge is 0.455 e. The van der Waals surface area contributed by atoms with Gasteiger partial charge in [0.05, 0.1) is 19.5 Å². The van der Waals surface area contributed by atoms with Crippen molar-refractivity contribution in [2.75, 3.05) is 30.4 Å². The summed E-state index contributed by atoms with van der Waals surface area (Å²) in [6, 6.07) is 5.85. The SMILES string of the molecule is CC(C)(C)SSC[C@H](NC(=O)OCc1ccc(N=[N+]=[N-])cc1)C(=O)O[C@H]1[C@@H](O)[C@H](n2cnc3c(N)ncnc32)O[C@@H]1COP(=O)(O)O[C@H]1[C@@H](O)[C@H](n2ccc(N)nc2=O)O[C@@H]1COP(=O)(O)O. The lowest BCUT2D eigenvalue weighted by atomic mass is 10.1. The number of anilines is 2. The number of esters is 1. The number of aliphatic hydroxyl groups excluding tert-OH is 2. The van der Waals surface area contributed by atoms with Crippen molar-refractivity contribution in [1.29, 1.82) is 0 Å². The zero-order valence-corrected chi connectivity index (χ0v) is 38.6. The van der Waals surface area contributed by atoms with Crippen LogP contribution in [0.25, 0.3) is 21.6 Å². The van der Waals surface area contributed by atoms with E-state index in [4.69, 9.17) is 45.0 Å². The molecule has 6 rings (SSSR count). The Morgan fingerprint density at radius 3 is 2.30 bits per heavy atom. The summed E-state index contributed by atoms with van der Waals surface area (Å²) in [5.41, 5.74) is 20.1. The van der Waals surface area contributed by atoms with Crippen LogP contribution in [-0.2, 0) is 53.1 Å². The highest BCUT2D eigenvalue weighted by molar-refractivity contribution is 8.77. The van der Waals surface area contributed by atoms with Gasteiger partial charge in [-0.2, -0.15) is 4.98 Å². The summed E-state index contributed by atoms with van der Waals surface area (Å²) in [5, 5.41) is 28.9. The summed E-state index contributed by atoms with van der Waals surface area (Å²) >= 11 is 0. The summed E-state index contributed by atoms with van der Waals surface area (Å²) in [4.78, 5) is 87.8. The number of hydrogen-bond acceptors (Lipinski definition) is 23. The number of carbonyl (C=O) groups is 2. The van der Waals surface area contributed by atoms with E-state index in [1.165, 1.54) is 50.7 Å². The summed E-state index contributed by atoms with van der Waals surface area (Å²) < 4.78 is 64.7. The zero-order chi connectivity index (χ0) is 48.8. The number of nitrogens with one attached hydrogen (secondary N) is 1.